The molecule has 3 rings (SSSR count). The molecule has 1 aliphatic carbocycles. The normalized spacial score (nSPS) is 13.8. The zero-order chi connectivity index (χ0) is 13.2. The van der Waals surface area contributed by atoms with E-state index in [9.17, 15) is 10.1 Å². The molecular weight excluding hydrogens is 242 g/mol. The Hall–Kier alpha value is -2.68. The van der Waals surface area contributed by atoms with E-state index in [-0.39, 0.29) is 17.6 Å². The minimum absolute atomic E-state index is 0.205. The van der Waals surface area contributed by atoms with Crippen LogP contribution in [0.5, 0.6) is 0 Å². The van der Waals surface area contributed by atoms with Gasteiger partial charge in [-0.1, -0.05) is 6.07 Å². The van der Waals surface area contributed by atoms with Crippen LogP contribution < -0.4 is 5.32 Å². The summed E-state index contributed by atoms with van der Waals surface area (Å²) >= 11 is 0. The van der Waals surface area contributed by atoms with Gasteiger partial charge in [-0.3, -0.25) is 4.79 Å². The first kappa shape index (κ1) is 11.4. The van der Waals surface area contributed by atoms with E-state index in [0.29, 0.717) is 11.4 Å². The molecule has 0 spiro atoms. The van der Waals surface area contributed by atoms with Gasteiger partial charge in [-0.2, -0.15) is 10.4 Å². The molecule has 0 bridgehead atoms. The van der Waals surface area contributed by atoms with Gasteiger partial charge in [-0.05, 0) is 25.0 Å². The van der Waals surface area contributed by atoms with Crippen molar-refractivity contribution in [3.63, 3.8) is 0 Å². The second kappa shape index (κ2) is 4.53. The van der Waals surface area contributed by atoms with Gasteiger partial charge in [0.15, 0.2) is 11.5 Å². The third-order valence-corrected chi connectivity index (χ3v) is 2.90. The van der Waals surface area contributed by atoms with Crippen LogP contribution >= 0.6 is 0 Å². The first-order valence-electron chi connectivity index (χ1n) is 6.00. The summed E-state index contributed by atoms with van der Waals surface area (Å²) in [5.41, 5.74) is 0.497. The van der Waals surface area contributed by atoms with Crippen molar-refractivity contribution in [1.29, 1.82) is 5.26 Å². The van der Waals surface area contributed by atoms with Gasteiger partial charge in [-0.25, -0.2) is 9.67 Å². The Labute approximate surface area is 109 Å². The lowest BCUT2D eigenvalue weighted by Gasteiger charge is -2.03. The van der Waals surface area contributed by atoms with Crippen molar-refractivity contribution in [3.8, 4) is 11.9 Å². The number of carbonyl (C=O) groups excluding carboxylic acids is 1. The van der Waals surface area contributed by atoms with Crippen molar-refractivity contribution in [2.75, 3.05) is 0 Å². The van der Waals surface area contributed by atoms with Gasteiger partial charge in [0.25, 0.3) is 5.91 Å². The first-order chi connectivity index (χ1) is 9.29. The zero-order valence-electron chi connectivity index (χ0n) is 10.1. The number of carbonyl (C=O) groups is 1. The number of amides is 1. The number of hydrogen-bond donors (Lipinski definition) is 1. The number of hydrogen-bond acceptors (Lipinski definition) is 4. The topological polar surface area (TPSA) is 83.6 Å². The van der Waals surface area contributed by atoms with Crippen LogP contribution in [0.25, 0.3) is 5.82 Å². The fourth-order valence-corrected chi connectivity index (χ4v) is 1.77. The van der Waals surface area contributed by atoms with Gasteiger partial charge >= 0.3 is 0 Å². The van der Waals surface area contributed by atoms with E-state index >= 15 is 0 Å². The SMILES string of the molecule is N#Cc1c(C(=O)NC2CC2)cnn1-c1ccccn1. The number of nitrogens with zero attached hydrogens (tertiary/aromatic N) is 4. The fourth-order valence-electron chi connectivity index (χ4n) is 1.77. The molecule has 1 fully saturated rings. The molecule has 19 heavy (non-hydrogen) atoms. The van der Waals surface area contributed by atoms with E-state index in [0.717, 1.165) is 12.8 Å². The number of nitrogens with one attached hydrogen (secondary N) is 1. The summed E-state index contributed by atoms with van der Waals surface area (Å²) in [5, 5.41) is 16.2. The predicted molar refractivity (Wildman–Crippen MR) is 66.6 cm³/mol. The average Bonchev–Trinajstić information content (AvgIpc) is 3.15. The summed E-state index contributed by atoms with van der Waals surface area (Å²) in [5.74, 6) is 0.269. The maximum Gasteiger partial charge on any atom is 0.256 e. The predicted octanol–water partition coefficient (Wildman–Crippen LogP) is 1.03. The standard InChI is InChI=1S/C13H11N5O/c14-7-11-10(13(19)17-9-4-5-9)8-16-18(11)12-3-1-2-6-15-12/h1-3,6,8-9H,4-5H2,(H,17,19). The highest BCUT2D eigenvalue weighted by Crippen LogP contribution is 2.20. The Bertz CT molecular complexity index is 651. The van der Waals surface area contributed by atoms with Crippen molar-refractivity contribution in [3.05, 3.63) is 41.9 Å². The summed E-state index contributed by atoms with van der Waals surface area (Å²) < 4.78 is 1.38. The quantitative estimate of drug-likeness (QED) is 0.885. The lowest BCUT2D eigenvalue weighted by Crippen LogP contribution is -2.25. The van der Waals surface area contributed by atoms with Crippen LogP contribution in [0.2, 0.25) is 0 Å². The van der Waals surface area contributed by atoms with Gasteiger partial charge in [0, 0.05) is 12.2 Å². The highest BCUT2D eigenvalue weighted by atomic mass is 16.1. The molecular formula is C13H11N5O. The maximum atomic E-state index is 12.0. The van der Waals surface area contributed by atoms with Gasteiger partial charge in [0.1, 0.15) is 6.07 Å². The van der Waals surface area contributed by atoms with Gasteiger partial charge in [0.2, 0.25) is 0 Å². The zero-order valence-corrected chi connectivity index (χ0v) is 10.1. The summed E-state index contributed by atoms with van der Waals surface area (Å²) in [6.07, 6.45) is 5.02. The summed E-state index contributed by atoms with van der Waals surface area (Å²) in [6, 6.07) is 7.58. The lowest BCUT2D eigenvalue weighted by molar-refractivity contribution is 0.0951. The number of aromatic nitrogens is 3. The van der Waals surface area contributed by atoms with E-state index in [1.165, 1.54) is 10.9 Å². The molecule has 6 heteroatoms. The van der Waals surface area contributed by atoms with Crippen LogP contribution in [0.15, 0.2) is 30.6 Å². The van der Waals surface area contributed by atoms with E-state index < -0.39 is 0 Å². The van der Waals surface area contributed by atoms with Gasteiger partial charge in [0.05, 0.1) is 11.8 Å². The van der Waals surface area contributed by atoms with E-state index in [2.05, 4.69) is 15.4 Å². The molecule has 0 saturated heterocycles. The Kier molecular flexibility index (Phi) is 2.72. The van der Waals surface area contributed by atoms with Crippen LogP contribution in [-0.4, -0.2) is 26.7 Å². The van der Waals surface area contributed by atoms with Gasteiger partial charge in [-0.15, -0.1) is 0 Å². The highest BCUT2D eigenvalue weighted by molar-refractivity contribution is 5.96. The molecule has 1 amide bonds. The molecule has 0 aromatic carbocycles. The summed E-state index contributed by atoms with van der Waals surface area (Å²) in [4.78, 5) is 16.1. The van der Waals surface area contributed by atoms with Crippen molar-refractivity contribution in [2.45, 2.75) is 18.9 Å². The molecule has 1 aliphatic rings. The first-order valence-corrected chi connectivity index (χ1v) is 6.00. The van der Waals surface area contributed by atoms with Crippen LogP contribution in [0.3, 0.4) is 0 Å². The van der Waals surface area contributed by atoms with Crippen LogP contribution in [0.1, 0.15) is 28.9 Å². The molecule has 94 valence electrons. The van der Waals surface area contributed by atoms with Crippen molar-refractivity contribution < 1.29 is 4.79 Å². The molecule has 0 radical (unpaired) electrons. The average molecular weight is 253 g/mol. The second-order valence-electron chi connectivity index (χ2n) is 4.37. The molecule has 2 heterocycles. The third kappa shape index (κ3) is 2.18. The monoisotopic (exact) mass is 253 g/mol. The molecule has 1 saturated carbocycles. The molecule has 0 aliphatic heterocycles. The van der Waals surface area contributed by atoms with Crippen molar-refractivity contribution >= 4 is 5.91 Å². The molecule has 1 N–H and O–H groups in total. The van der Waals surface area contributed by atoms with E-state index in [4.69, 9.17) is 0 Å². The Morgan fingerprint density at radius 2 is 2.32 bits per heavy atom. The second-order valence-corrected chi connectivity index (χ2v) is 4.37. The number of nitriles is 1. The van der Waals surface area contributed by atoms with Crippen molar-refractivity contribution in [1.82, 2.24) is 20.1 Å². The molecule has 0 atom stereocenters. The largest absolute Gasteiger partial charge is 0.349 e. The van der Waals surface area contributed by atoms with Crippen LogP contribution in [0.4, 0.5) is 0 Å². The maximum absolute atomic E-state index is 12.0. The van der Waals surface area contributed by atoms with Crippen LogP contribution in [0, 0.1) is 11.3 Å². The summed E-state index contributed by atoms with van der Waals surface area (Å²) in [7, 11) is 0. The molecule has 6 nitrogen and oxygen atoms in total. The third-order valence-electron chi connectivity index (χ3n) is 2.90. The fraction of sp³-hybridized carbons (Fsp3) is 0.231. The van der Waals surface area contributed by atoms with E-state index in [1.54, 1.807) is 24.4 Å². The Balaban J connectivity index is 1.97. The smallest absolute Gasteiger partial charge is 0.256 e. The van der Waals surface area contributed by atoms with Crippen molar-refractivity contribution in [2.24, 2.45) is 0 Å². The van der Waals surface area contributed by atoms with E-state index in [1.807, 2.05) is 6.07 Å². The lowest BCUT2D eigenvalue weighted by atomic mass is 10.2. The Morgan fingerprint density at radius 3 is 2.95 bits per heavy atom. The van der Waals surface area contributed by atoms with Gasteiger partial charge < -0.3 is 5.32 Å². The minimum Gasteiger partial charge on any atom is -0.349 e. The van der Waals surface area contributed by atoms with Crippen LogP contribution in [-0.2, 0) is 0 Å². The number of rotatable bonds is 3. The minimum atomic E-state index is -0.249. The molecule has 2 aromatic rings. The molecule has 2 aromatic heterocycles. The number of pyridine rings is 1. The highest BCUT2D eigenvalue weighted by Gasteiger charge is 2.26. The summed E-state index contributed by atoms with van der Waals surface area (Å²) in [6.45, 7) is 0. The Morgan fingerprint density at radius 1 is 1.47 bits per heavy atom. The molecule has 0 unspecified atom stereocenters.